The van der Waals surface area contributed by atoms with Crippen LogP contribution in [0, 0.1) is 10.8 Å². The fourth-order valence-corrected chi connectivity index (χ4v) is 3.01. The molecule has 1 aromatic rings. The molecule has 0 fully saturated rings. The molecule has 17 heavy (non-hydrogen) atoms. The smallest absolute Gasteiger partial charge is 0.0384 e. The fourth-order valence-electron chi connectivity index (χ4n) is 3.01. The molecule has 1 heteroatoms. The Morgan fingerprint density at radius 2 is 1.47 bits per heavy atom. The number of nitrogens with one attached hydrogen (secondary N) is 1. The largest absolute Gasteiger partial charge is 0.381 e. The van der Waals surface area contributed by atoms with Crippen LogP contribution in [0.25, 0.3) is 0 Å². The molecule has 1 aromatic carbocycles. The summed E-state index contributed by atoms with van der Waals surface area (Å²) in [6.45, 7) is 14.0. The van der Waals surface area contributed by atoms with Crippen molar-refractivity contribution in [2.45, 2.75) is 53.5 Å². The summed E-state index contributed by atoms with van der Waals surface area (Å²) in [5.41, 5.74) is 3.38. The number of hydrogen-bond acceptors (Lipinski definition) is 1. The molecule has 0 aliphatic carbocycles. The maximum atomic E-state index is 3.73. The van der Waals surface area contributed by atoms with Gasteiger partial charge in [0, 0.05) is 17.6 Å². The van der Waals surface area contributed by atoms with Gasteiger partial charge in [-0.25, -0.2) is 0 Å². The first kappa shape index (κ1) is 12.5. The van der Waals surface area contributed by atoms with Crippen molar-refractivity contribution in [2.75, 3.05) is 5.32 Å². The van der Waals surface area contributed by atoms with Crippen molar-refractivity contribution in [3.63, 3.8) is 0 Å². The van der Waals surface area contributed by atoms with Gasteiger partial charge in [-0.05, 0) is 22.5 Å². The lowest BCUT2D eigenvalue weighted by molar-refractivity contribution is 0.214. The first-order chi connectivity index (χ1) is 7.71. The van der Waals surface area contributed by atoms with E-state index in [1.165, 1.54) is 11.3 Å². The summed E-state index contributed by atoms with van der Waals surface area (Å²) in [5.74, 6) is 0.582. The number of hydrogen-bond donors (Lipinski definition) is 1. The Balaban J connectivity index is 2.48. The van der Waals surface area contributed by atoms with Crippen LogP contribution < -0.4 is 5.32 Å². The lowest BCUT2D eigenvalue weighted by atomic mass is 9.67. The fraction of sp³-hybridized carbons (Fsp3) is 0.625. The summed E-state index contributed by atoms with van der Waals surface area (Å²) in [4.78, 5) is 0. The first-order valence-electron chi connectivity index (χ1n) is 6.57. The van der Waals surface area contributed by atoms with Gasteiger partial charge in [-0.1, -0.05) is 59.7 Å². The molecule has 0 spiro atoms. The highest BCUT2D eigenvalue weighted by Crippen LogP contribution is 2.50. The van der Waals surface area contributed by atoms with Gasteiger partial charge in [-0.3, -0.25) is 0 Å². The molecular formula is C16H25N. The standard InChI is InChI=1S/C16H25N/c1-15(2,3)13-11-9-7-8-10-12(11)17-14(13)16(4,5)6/h7-10,13-14,17H,1-6H3/t13-,14+/m1/s1. The highest BCUT2D eigenvalue weighted by molar-refractivity contribution is 5.60. The second-order valence-electron chi connectivity index (χ2n) is 7.42. The van der Waals surface area contributed by atoms with E-state index >= 15 is 0 Å². The Labute approximate surface area is 106 Å². The maximum Gasteiger partial charge on any atom is 0.0384 e. The molecule has 0 radical (unpaired) electrons. The molecule has 94 valence electrons. The van der Waals surface area contributed by atoms with E-state index in [1.807, 2.05) is 0 Å². The van der Waals surface area contributed by atoms with Gasteiger partial charge in [0.15, 0.2) is 0 Å². The molecule has 1 nitrogen and oxygen atoms in total. The Morgan fingerprint density at radius 1 is 0.882 bits per heavy atom. The summed E-state index contributed by atoms with van der Waals surface area (Å²) >= 11 is 0. The Hall–Kier alpha value is -0.980. The second kappa shape index (κ2) is 3.76. The molecule has 2 rings (SSSR count). The van der Waals surface area contributed by atoms with Crippen molar-refractivity contribution in [2.24, 2.45) is 10.8 Å². The van der Waals surface area contributed by atoms with Gasteiger partial charge in [-0.15, -0.1) is 0 Å². The quantitative estimate of drug-likeness (QED) is 0.685. The van der Waals surface area contributed by atoms with Crippen molar-refractivity contribution in [3.8, 4) is 0 Å². The van der Waals surface area contributed by atoms with E-state index in [0.29, 0.717) is 12.0 Å². The van der Waals surface area contributed by atoms with Crippen LogP contribution in [-0.2, 0) is 0 Å². The third kappa shape index (κ3) is 2.20. The zero-order valence-corrected chi connectivity index (χ0v) is 12.0. The Morgan fingerprint density at radius 3 is 2.00 bits per heavy atom. The lowest BCUT2D eigenvalue weighted by Gasteiger charge is -2.39. The Bertz CT molecular complexity index is 406. The van der Waals surface area contributed by atoms with Crippen molar-refractivity contribution >= 4 is 5.69 Å². The molecule has 0 saturated heterocycles. The zero-order valence-electron chi connectivity index (χ0n) is 12.0. The van der Waals surface area contributed by atoms with E-state index in [0.717, 1.165) is 0 Å². The van der Waals surface area contributed by atoms with Crippen LogP contribution in [0.3, 0.4) is 0 Å². The van der Waals surface area contributed by atoms with Gasteiger partial charge in [0.25, 0.3) is 0 Å². The van der Waals surface area contributed by atoms with Crippen LogP contribution >= 0.6 is 0 Å². The molecule has 2 atom stereocenters. The van der Waals surface area contributed by atoms with Crippen LogP contribution in [0.1, 0.15) is 53.0 Å². The van der Waals surface area contributed by atoms with Crippen LogP contribution in [-0.4, -0.2) is 6.04 Å². The van der Waals surface area contributed by atoms with Gasteiger partial charge in [0.1, 0.15) is 0 Å². The minimum Gasteiger partial charge on any atom is -0.381 e. The van der Waals surface area contributed by atoms with Crippen LogP contribution in [0.2, 0.25) is 0 Å². The van der Waals surface area contributed by atoms with Gasteiger partial charge < -0.3 is 5.32 Å². The summed E-state index contributed by atoms with van der Waals surface area (Å²) in [7, 11) is 0. The van der Waals surface area contributed by atoms with E-state index in [1.54, 1.807) is 0 Å². The summed E-state index contributed by atoms with van der Waals surface area (Å²) < 4.78 is 0. The van der Waals surface area contributed by atoms with Crippen LogP contribution in [0.5, 0.6) is 0 Å². The Kier molecular flexibility index (Phi) is 2.76. The summed E-state index contributed by atoms with van der Waals surface area (Å²) in [6, 6.07) is 9.28. The monoisotopic (exact) mass is 231 g/mol. The number of fused-ring (bicyclic) bond motifs is 1. The molecule has 1 aliphatic heterocycles. The molecular weight excluding hydrogens is 206 g/mol. The SMILES string of the molecule is CC(C)(C)[C@@H]1c2ccccc2N[C@@H]1C(C)(C)C. The molecule has 0 saturated carbocycles. The average Bonchev–Trinajstić information content (AvgIpc) is 2.54. The third-order valence-electron chi connectivity index (χ3n) is 3.81. The maximum absolute atomic E-state index is 3.73. The van der Waals surface area contributed by atoms with Crippen molar-refractivity contribution < 1.29 is 0 Å². The van der Waals surface area contributed by atoms with Crippen molar-refractivity contribution in [1.82, 2.24) is 0 Å². The number of anilines is 1. The van der Waals surface area contributed by atoms with E-state index in [4.69, 9.17) is 0 Å². The highest BCUT2D eigenvalue weighted by atomic mass is 15.0. The number of para-hydroxylation sites is 1. The average molecular weight is 231 g/mol. The molecule has 1 aliphatic rings. The minimum absolute atomic E-state index is 0.275. The van der Waals surface area contributed by atoms with Gasteiger partial charge >= 0.3 is 0 Å². The predicted octanol–water partition coefficient (Wildman–Crippen LogP) is 4.66. The van der Waals surface area contributed by atoms with Gasteiger partial charge in [0.05, 0.1) is 0 Å². The summed E-state index contributed by atoms with van der Waals surface area (Å²) in [5, 5.41) is 3.73. The second-order valence-corrected chi connectivity index (χ2v) is 7.42. The van der Waals surface area contributed by atoms with E-state index in [-0.39, 0.29) is 10.8 Å². The molecule has 0 bridgehead atoms. The summed E-state index contributed by atoms with van der Waals surface area (Å²) in [6.07, 6.45) is 0. The minimum atomic E-state index is 0.275. The van der Waals surface area contributed by atoms with Crippen molar-refractivity contribution in [1.29, 1.82) is 0 Å². The van der Waals surface area contributed by atoms with Gasteiger partial charge in [0.2, 0.25) is 0 Å². The van der Waals surface area contributed by atoms with Crippen LogP contribution in [0.4, 0.5) is 5.69 Å². The van der Waals surface area contributed by atoms with E-state index < -0.39 is 0 Å². The topological polar surface area (TPSA) is 12.0 Å². The molecule has 0 unspecified atom stereocenters. The lowest BCUT2D eigenvalue weighted by Crippen LogP contribution is -2.40. The first-order valence-corrected chi connectivity index (χ1v) is 6.57. The zero-order chi connectivity index (χ0) is 12.8. The van der Waals surface area contributed by atoms with Crippen molar-refractivity contribution in [3.05, 3.63) is 29.8 Å². The third-order valence-corrected chi connectivity index (χ3v) is 3.81. The molecule has 1 N–H and O–H groups in total. The molecule has 1 heterocycles. The predicted molar refractivity (Wildman–Crippen MR) is 75.5 cm³/mol. The number of benzene rings is 1. The number of rotatable bonds is 0. The van der Waals surface area contributed by atoms with E-state index in [9.17, 15) is 0 Å². The van der Waals surface area contributed by atoms with E-state index in [2.05, 4.69) is 71.1 Å². The van der Waals surface area contributed by atoms with Crippen LogP contribution in [0.15, 0.2) is 24.3 Å². The normalized spacial score (nSPS) is 24.4. The molecule has 0 aromatic heterocycles. The molecule has 0 amide bonds. The highest BCUT2D eigenvalue weighted by Gasteiger charge is 2.44. The van der Waals surface area contributed by atoms with Gasteiger partial charge in [-0.2, -0.15) is 0 Å².